The first-order valence-electron chi connectivity index (χ1n) is 16.7. The van der Waals surface area contributed by atoms with Gasteiger partial charge in [0.2, 0.25) is 0 Å². The average molecular weight is 615 g/mol. The van der Waals surface area contributed by atoms with Crippen molar-refractivity contribution in [3.8, 4) is 0 Å². The third-order valence-corrected chi connectivity index (χ3v) is 13.2. The van der Waals surface area contributed by atoms with Crippen LogP contribution in [0.2, 0.25) is 0 Å². The van der Waals surface area contributed by atoms with Crippen molar-refractivity contribution in [1.82, 2.24) is 0 Å². The SMILES string of the molecule is CO[C@H]1[C@H](O[C@H]2CC[C@@]3(C)[C@H]([C@H]2O)[C@H](O)C[C@]2(O)[C@@H]3CC[C@]3(C)[C@@H]([C@H](C)CC[C@H](O)C(C)C)C[C@H](O)[C@H]32)OC[C@@H](O)[C@@H]1O. The molecular weight excluding hydrogens is 556 g/mol. The highest BCUT2D eigenvalue weighted by atomic mass is 16.7. The quantitative estimate of drug-likeness (QED) is 0.199. The number of aliphatic hydroxyl groups excluding tert-OH is 6. The first-order chi connectivity index (χ1) is 20.1. The highest BCUT2D eigenvalue weighted by molar-refractivity contribution is 5.21. The van der Waals surface area contributed by atoms with E-state index in [9.17, 15) is 35.7 Å². The molecule has 1 aliphatic heterocycles. The molecule has 0 spiro atoms. The van der Waals surface area contributed by atoms with Crippen LogP contribution in [-0.2, 0) is 14.2 Å². The van der Waals surface area contributed by atoms with Gasteiger partial charge in [-0.1, -0.05) is 34.6 Å². The van der Waals surface area contributed by atoms with Gasteiger partial charge in [0.05, 0.1) is 42.7 Å². The van der Waals surface area contributed by atoms with E-state index in [1.54, 1.807) is 0 Å². The van der Waals surface area contributed by atoms with Gasteiger partial charge < -0.3 is 50.0 Å². The highest BCUT2D eigenvalue weighted by Crippen LogP contribution is 2.70. The lowest BCUT2D eigenvalue weighted by molar-refractivity contribution is -0.320. The monoisotopic (exact) mass is 614 g/mol. The second-order valence-electron chi connectivity index (χ2n) is 15.8. The van der Waals surface area contributed by atoms with Crippen molar-refractivity contribution in [2.45, 2.75) is 147 Å². The zero-order valence-electron chi connectivity index (χ0n) is 26.9. The molecule has 0 aromatic carbocycles. The standard InChI is InChI=1S/C33H58O10/c1-16(2)19(34)8-7-17(3)18-13-20(35)29-31(18,4)12-10-24-32(5)11-9-23(27(39)25(32)21(36)14-33(24,29)40)43-30-28(41-6)26(38)22(37)15-42-30/h16-30,34-40H,7-15H2,1-6H3/t17-,18-,19+,20+,21-,22-,23+,24-,25+,26+,27+,28-,29-,30+,31-,32-,33+/m1/s1. The summed E-state index contributed by atoms with van der Waals surface area (Å²) in [6.07, 6.45) is -3.02. The molecule has 5 rings (SSSR count). The van der Waals surface area contributed by atoms with Gasteiger partial charge in [-0.05, 0) is 79.4 Å². The van der Waals surface area contributed by atoms with Crippen LogP contribution in [0.15, 0.2) is 0 Å². The van der Waals surface area contributed by atoms with Gasteiger partial charge >= 0.3 is 0 Å². The predicted molar refractivity (Wildman–Crippen MR) is 158 cm³/mol. The highest BCUT2D eigenvalue weighted by Gasteiger charge is 2.72. The molecule has 10 nitrogen and oxygen atoms in total. The smallest absolute Gasteiger partial charge is 0.186 e. The van der Waals surface area contributed by atoms with E-state index in [0.717, 1.165) is 25.7 Å². The minimum absolute atomic E-state index is 0.0811. The summed E-state index contributed by atoms with van der Waals surface area (Å²) in [5.41, 5.74) is -2.15. The Bertz CT molecular complexity index is 966. The summed E-state index contributed by atoms with van der Waals surface area (Å²) in [4.78, 5) is 0. The van der Waals surface area contributed by atoms with Gasteiger partial charge in [-0.2, -0.15) is 0 Å². The molecule has 0 aromatic rings. The van der Waals surface area contributed by atoms with Gasteiger partial charge in [0.25, 0.3) is 0 Å². The molecule has 0 aromatic heterocycles. The minimum atomic E-state index is -1.27. The van der Waals surface area contributed by atoms with Crippen molar-refractivity contribution in [3.05, 3.63) is 0 Å². The first kappa shape index (κ1) is 33.9. The molecule has 5 fully saturated rings. The molecule has 0 bridgehead atoms. The van der Waals surface area contributed by atoms with Crippen LogP contribution in [0.4, 0.5) is 0 Å². The van der Waals surface area contributed by atoms with E-state index in [2.05, 4.69) is 20.8 Å². The molecule has 4 aliphatic carbocycles. The number of hydrogen-bond acceptors (Lipinski definition) is 10. The Balaban J connectivity index is 1.34. The number of aliphatic hydroxyl groups is 7. The molecule has 10 heteroatoms. The van der Waals surface area contributed by atoms with Crippen molar-refractivity contribution < 1.29 is 50.0 Å². The Morgan fingerprint density at radius 3 is 2.21 bits per heavy atom. The van der Waals surface area contributed by atoms with Crippen LogP contribution in [-0.4, -0.2) is 110 Å². The molecule has 0 radical (unpaired) electrons. The lowest BCUT2D eigenvalue weighted by Gasteiger charge is -2.66. The summed E-state index contributed by atoms with van der Waals surface area (Å²) in [6.45, 7) is 10.4. The second-order valence-corrected chi connectivity index (χ2v) is 15.8. The average Bonchev–Trinajstić information content (AvgIpc) is 3.21. The Morgan fingerprint density at radius 1 is 0.884 bits per heavy atom. The van der Waals surface area contributed by atoms with Gasteiger partial charge in [-0.25, -0.2) is 0 Å². The Hall–Kier alpha value is -0.400. The molecule has 43 heavy (non-hydrogen) atoms. The van der Waals surface area contributed by atoms with E-state index in [1.807, 2.05) is 13.8 Å². The third kappa shape index (κ3) is 5.53. The first-order valence-corrected chi connectivity index (χ1v) is 16.7. The van der Waals surface area contributed by atoms with Crippen LogP contribution in [0.1, 0.15) is 86.0 Å². The van der Waals surface area contributed by atoms with E-state index in [1.165, 1.54) is 7.11 Å². The van der Waals surface area contributed by atoms with Crippen LogP contribution in [0, 0.1) is 46.3 Å². The minimum Gasteiger partial charge on any atom is -0.393 e. The normalized spacial score (nSPS) is 53.2. The number of fused-ring (bicyclic) bond motifs is 5. The molecule has 1 heterocycles. The van der Waals surface area contributed by atoms with Crippen LogP contribution in [0.3, 0.4) is 0 Å². The zero-order chi connectivity index (χ0) is 31.6. The van der Waals surface area contributed by atoms with Crippen LogP contribution in [0.5, 0.6) is 0 Å². The van der Waals surface area contributed by atoms with Crippen molar-refractivity contribution in [3.63, 3.8) is 0 Å². The predicted octanol–water partition coefficient (Wildman–Crippen LogP) is 1.58. The second kappa shape index (κ2) is 12.3. The van der Waals surface area contributed by atoms with Crippen LogP contribution < -0.4 is 0 Å². The summed E-state index contributed by atoms with van der Waals surface area (Å²) in [7, 11) is 1.40. The summed E-state index contributed by atoms with van der Waals surface area (Å²) < 4.78 is 17.2. The Morgan fingerprint density at radius 2 is 1.56 bits per heavy atom. The maximum absolute atomic E-state index is 12.6. The van der Waals surface area contributed by atoms with Crippen molar-refractivity contribution in [1.29, 1.82) is 0 Å². The summed E-state index contributed by atoms with van der Waals surface area (Å²) in [6, 6.07) is 0. The van der Waals surface area contributed by atoms with Gasteiger partial charge in [-0.15, -0.1) is 0 Å². The summed E-state index contributed by atoms with van der Waals surface area (Å²) >= 11 is 0. The van der Waals surface area contributed by atoms with Gasteiger partial charge in [-0.3, -0.25) is 0 Å². The summed E-state index contributed by atoms with van der Waals surface area (Å²) in [5, 5.41) is 78.4. The molecule has 0 unspecified atom stereocenters. The van der Waals surface area contributed by atoms with Crippen molar-refractivity contribution in [2.75, 3.05) is 13.7 Å². The molecule has 250 valence electrons. The third-order valence-electron chi connectivity index (χ3n) is 13.2. The van der Waals surface area contributed by atoms with E-state index < -0.39 is 66.0 Å². The van der Waals surface area contributed by atoms with E-state index in [0.29, 0.717) is 19.3 Å². The van der Waals surface area contributed by atoms with Gasteiger partial charge in [0.1, 0.15) is 18.3 Å². The van der Waals surface area contributed by atoms with Crippen LogP contribution in [0.25, 0.3) is 0 Å². The fourth-order valence-corrected chi connectivity index (χ4v) is 10.9. The molecule has 4 saturated carbocycles. The van der Waals surface area contributed by atoms with Crippen molar-refractivity contribution in [2.24, 2.45) is 46.3 Å². The fourth-order valence-electron chi connectivity index (χ4n) is 10.9. The molecule has 5 aliphatic rings. The number of hydrogen-bond donors (Lipinski definition) is 7. The molecular formula is C33H58O10. The van der Waals surface area contributed by atoms with Gasteiger partial charge in [0, 0.05) is 25.4 Å². The lowest BCUT2D eigenvalue weighted by Crippen LogP contribution is -2.71. The molecule has 1 saturated heterocycles. The maximum Gasteiger partial charge on any atom is 0.186 e. The van der Waals surface area contributed by atoms with Crippen molar-refractivity contribution >= 4 is 0 Å². The van der Waals surface area contributed by atoms with E-state index >= 15 is 0 Å². The zero-order valence-corrected chi connectivity index (χ0v) is 26.9. The Labute approximate surface area is 256 Å². The molecule has 0 amide bonds. The summed E-state index contributed by atoms with van der Waals surface area (Å²) in [5.74, 6) is -0.458. The number of ether oxygens (including phenoxy) is 3. The van der Waals surface area contributed by atoms with Gasteiger partial charge in [0.15, 0.2) is 6.29 Å². The van der Waals surface area contributed by atoms with E-state index in [-0.39, 0.29) is 54.1 Å². The lowest BCUT2D eigenvalue weighted by atomic mass is 9.41. The van der Waals surface area contributed by atoms with Crippen LogP contribution >= 0.6 is 0 Å². The Kier molecular flexibility index (Phi) is 9.73. The largest absolute Gasteiger partial charge is 0.393 e. The number of methoxy groups -OCH3 is 1. The van der Waals surface area contributed by atoms with E-state index in [4.69, 9.17) is 14.2 Å². The topological polar surface area (TPSA) is 169 Å². The molecule has 7 N–H and O–H groups in total. The number of rotatable bonds is 8. The maximum atomic E-state index is 12.6. The fraction of sp³-hybridized carbons (Fsp3) is 1.00. The molecule has 17 atom stereocenters.